The fourth-order valence-corrected chi connectivity index (χ4v) is 2.69. The molecule has 0 aliphatic rings. The van der Waals surface area contributed by atoms with Crippen LogP contribution in [0.1, 0.15) is 39.8 Å². The second-order valence-electron chi connectivity index (χ2n) is 5.95. The molecule has 1 N–H and O–H groups in total. The van der Waals surface area contributed by atoms with Crippen LogP contribution >= 0.6 is 0 Å². The van der Waals surface area contributed by atoms with E-state index in [4.69, 9.17) is 0 Å². The van der Waals surface area contributed by atoms with Crippen molar-refractivity contribution in [1.29, 1.82) is 0 Å². The van der Waals surface area contributed by atoms with Crippen molar-refractivity contribution in [3.63, 3.8) is 0 Å². The van der Waals surface area contributed by atoms with Crippen LogP contribution in [0.5, 0.6) is 0 Å². The molecule has 0 aliphatic carbocycles. The van der Waals surface area contributed by atoms with Crippen molar-refractivity contribution in [3.8, 4) is 0 Å². The van der Waals surface area contributed by atoms with E-state index in [1.807, 2.05) is 61.7 Å². The van der Waals surface area contributed by atoms with Crippen LogP contribution < -0.4 is 5.32 Å². The highest BCUT2D eigenvalue weighted by molar-refractivity contribution is 6.04. The first-order valence-corrected chi connectivity index (χ1v) is 7.85. The highest BCUT2D eigenvalue weighted by Gasteiger charge is 2.18. The molecule has 2 heterocycles. The molecular formula is C19H21N3O. The van der Waals surface area contributed by atoms with Crippen molar-refractivity contribution >= 4 is 17.2 Å². The molecule has 118 valence electrons. The van der Waals surface area contributed by atoms with Crippen LogP contribution in [-0.2, 0) is 6.42 Å². The van der Waals surface area contributed by atoms with E-state index < -0.39 is 0 Å². The SMILES string of the molecule is CCc1nc2cc(C)ccn2c1C(=O)Nc1ccc(C)c(C)c1. The molecule has 1 aromatic carbocycles. The summed E-state index contributed by atoms with van der Waals surface area (Å²) in [6.45, 7) is 8.14. The van der Waals surface area contributed by atoms with Gasteiger partial charge in [-0.15, -0.1) is 0 Å². The topological polar surface area (TPSA) is 46.4 Å². The minimum absolute atomic E-state index is 0.124. The van der Waals surface area contributed by atoms with Crippen molar-refractivity contribution in [1.82, 2.24) is 9.38 Å². The summed E-state index contributed by atoms with van der Waals surface area (Å²) in [6.07, 6.45) is 2.63. The fourth-order valence-electron chi connectivity index (χ4n) is 2.69. The fraction of sp³-hybridized carbons (Fsp3) is 0.263. The number of amides is 1. The van der Waals surface area contributed by atoms with Crippen molar-refractivity contribution in [2.24, 2.45) is 0 Å². The molecule has 2 aromatic heterocycles. The third-order valence-electron chi connectivity index (χ3n) is 4.17. The summed E-state index contributed by atoms with van der Waals surface area (Å²) >= 11 is 0. The molecule has 0 atom stereocenters. The Labute approximate surface area is 136 Å². The predicted octanol–water partition coefficient (Wildman–Crippen LogP) is 4.07. The summed E-state index contributed by atoms with van der Waals surface area (Å²) in [5, 5.41) is 2.99. The molecule has 23 heavy (non-hydrogen) atoms. The molecule has 3 aromatic rings. The van der Waals surface area contributed by atoms with Gasteiger partial charge < -0.3 is 5.32 Å². The second-order valence-corrected chi connectivity index (χ2v) is 5.95. The van der Waals surface area contributed by atoms with Crippen LogP contribution in [0.25, 0.3) is 5.65 Å². The van der Waals surface area contributed by atoms with E-state index in [2.05, 4.69) is 17.2 Å². The summed E-state index contributed by atoms with van der Waals surface area (Å²) in [7, 11) is 0. The number of imidazole rings is 1. The minimum atomic E-state index is -0.124. The number of anilines is 1. The van der Waals surface area contributed by atoms with Crippen molar-refractivity contribution < 1.29 is 4.79 Å². The Morgan fingerprint density at radius 1 is 1.13 bits per heavy atom. The zero-order valence-corrected chi connectivity index (χ0v) is 14.0. The summed E-state index contributed by atoms with van der Waals surface area (Å²) in [5.74, 6) is -0.124. The molecule has 0 unspecified atom stereocenters. The monoisotopic (exact) mass is 307 g/mol. The molecule has 0 aliphatic heterocycles. The van der Waals surface area contributed by atoms with Crippen LogP contribution in [0.2, 0.25) is 0 Å². The Balaban J connectivity index is 2.01. The van der Waals surface area contributed by atoms with Crippen LogP contribution in [0.4, 0.5) is 5.69 Å². The van der Waals surface area contributed by atoms with Gasteiger partial charge in [0.05, 0.1) is 5.69 Å². The van der Waals surface area contributed by atoms with E-state index in [-0.39, 0.29) is 5.91 Å². The van der Waals surface area contributed by atoms with Crippen LogP contribution in [0.15, 0.2) is 36.5 Å². The molecule has 0 fully saturated rings. The first kappa shape index (κ1) is 15.3. The van der Waals surface area contributed by atoms with Crippen molar-refractivity contribution in [2.45, 2.75) is 34.1 Å². The first-order valence-electron chi connectivity index (χ1n) is 7.85. The number of rotatable bonds is 3. The maximum Gasteiger partial charge on any atom is 0.274 e. The Morgan fingerprint density at radius 2 is 1.91 bits per heavy atom. The summed E-state index contributed by atoms with van der Waals surface area (Å²) in [4.78, 5) is 17.4. The highest BCUT2D eigenvalue weighted by atomic mass is 16.2. The molecule has 4 nitrogen and oxygen atoms in total. The number of aromatic nitrogens is 2. The lowest BCUT2D eigenvalue weighted by Crippen LogP contribution is -2.16. The number of carbonyl (C=O) groups excluding carboxylic acids is 1. The van der Waals surface area contributed by atoms with E-state index in [0.717, 1.165) is 34.6 Å². The standard InChI is InChI=1S/C19H21N3O/c1-5-16-18(22-9-8-12(2)10-17(22)21-16)19(23)20-15-7-6-13(3)14(4)11-15/h6-11H,5H2,1-4H3,(H,20,23). The van der Waals surface area contributed by atoms with Crippen LogP contribution in [0, 0.1) is 20.8 Å². The molecule has 0 saturated carbocycles. The van der Waals surface area contributed by atoms with Gasteiger partial charge in [0.2, 0.25) is 0 Å². The van der Waals surface area contributed by atoms with Gasteiger partial charge in [-0.2, -0.15) is 0 Å². The molecule has 1 amide bonds. The van der Waals surface area contributed by atoms with Crippen LogP contribution in [0.3, 0.4) is 0 Å². The molecule has 0 spiro atoms. The summed E-state index contributed by atoms with van der Waals surface area (Å²) in [5.41, 5.74) is 6.55. The Morgan fingerprint density at radius 3 is 2.61 bits per heavy atom. The summed E-state index contributed by atoms with van der Waals surface area (Å²) < 4.78 is 1.86. The predicted molar refractivity (Wildman–Crippen MR) is 93.2 cm³/mol. The second kappa shape index (κ2) is 5.88. The summed E-state index contributed by atoms with van der Waals surface area (Å²) in [6, 6.07) is 9.92. The van der Waals surface area contributed by atoms with E-state index in [1.165, 1.54) is 5.56 Å². The number of hydrogen-bond acceptors (Lipinski definition) is 2. The van der Waals surface area contributed by atoms with Gasteiger partial charge in [0.25, 0.3) is 5.91 Å². The van der Waals surface area contributed by atoms with Crippen molar-refractivity contribution in [3.05, 3.63) is 64.6 Å². The number of nitrogens with one attached hydrogen (secondary N) is 1. The number of aryl methyl sites for hydroxylation is 4. The Hall–Kier alpha value is -2.62. The largest absolute Gasteiger partial charge is 0.321 e. The number of pyridine rings is 1. The molecule has 0 radical (unpaired) electrons. The van der Waals surface area contributed by atoms with Gasteiger partial charge in [-0.3, -0.25) is 9.20 Å². The third kappa shape index (κ3) is 2.84. The number of hydrogen-bond donors (Lipinski definition) is 1. The third-order valence-corrected chi connectivity index (χ3v) is 4.17. The molecule has 3 rings (SSSR count). The first-order chi connectivity index (χ1) is 11.0. The maximum absolute atomic E-state index is 12.8. The minimum Gasteiger partial charge on any atom is -0.321 e. The lowest BCUT2D eigenvalue weighted by atomic mass is 10.1. The average Bonchev–Trinajstić information content (AvgIpc) is 2.88. The zero-order valence-electron chi connectivity index (χ0n) is 14.0. The van der Waals surface area contributed by atoms with E-state index >= 15 is 0 Å². The average molecular weight is 307 g/mol. The van der Waals surface area contributed by atoms with Crippen molar-refractivity contribution in [2.75, 3.05) is 5.32 Å². The van der Waals surface area contributed by atoms with Gasteiger partial charge in [0, 0.05) is 11.9 Å². The van der Waals surface area contributed by atoms with E-state index in [9.17, 15) is 4.79 Å². The lowest BCUT2D eigenvalue weighted by molar-refractivity contribution is 0.102. The Bertz CT molecular complexity index is 893. The quantitative estimate of drug-likeness (QED) is 0.792. The maximum atomic E-state index is 12.8. The molecule has 4 heteroatoms. The number of nitrogens with zero attached hydrogens (tertiary/aromatic N) is 2. The smallest absolute Gasteiger partial charge is 0.274 e. The highest BCUT2D eigenvalue weighted by Crippen LogP contribution is 2.19. The molecular weight excluding hydrogens is 286 g/mol. The van der Waals surface area contributed by atoms with Gasteiger partial charge in [-0.05, 0) is 68.1 Å². The lowest BCUT2D eigenvalue weighted by Gasteiger charge is -2.09. The van der Waals surface area contributed by atoms with E-state index in [1.54, 1.807) is 0 Å². The van der Waals surface area contributed by atoms with Gasteiger partial charge in [0.1, 0.15) is 11.3 Å². The van der Waals surface area contributed by atoms with Gasteiger partial charge in [0.15, 0.2) is 0 Å². The number of benzene rings is 1. The normalized spacial score (nSPS) is 11.0. The van der Waals surface area contributed by atoms with Gasteiger partial charge in [-0.1, -0.05) is 13.0 Å². The molecule has 0 saturated heterocycles. The number of fused-ring (bicyclic) bond motifs is 1. The zero-order chi connectivity index (χ0) is 16.6. The van der Waals surface area contributed by atoms with Gasteiger partial charge >= 0.3 is 0 Å². The van der Waals surface area contributed by atoms with Gasteiger partial charge in [-0.25, -0.2) is 4.98 Å². The molecule has 0 bridgehead atoms. The van der Waals surface area contributed by atoms with E-state index in [0.29, 0.717) is 5.69 Å². The van der Waals surface area contributed by atoms with Crippen LogP contribution in [-0.4, -0.2) is 15.3 Å². The number of carbonyl (C=O) groups is 1. The Kier molecular flexibility index (Phi) is 3.90.